The zero-order chi connectivity index (χ0) is 14.2. The first kappa shape index (κ1) is 14.3. The highest BCUT2D eigenvalue weighted by molar-refractivity contribution is 5.40. The molecular formula is C16H20N2O2. The van der Waals surface area contributed by atoms with Gasteiger partial charge in [0.15, 0.2) is 0 Å². The largest absolute Gasteiger partial charge is 0.497 e. The van der Waals surface area contributed by atoms with E-state index in [1.165, 1.54) is 0 Å². The van der Waals surface area contributed by atoms with Crippen molar-refractivity contribution >= 4 is 0 Å². The molecule has 0 radical (unpaired) electrons. The van der Waals surface area contributed by atoms with Crippen LogP contribution in [0, 0.1) is 0 Å². The number of hydrogen-bond donors (Lipinski definition) is 1. The molecule has 106 valence electrons. The first-order chi connectivity index (χ1) is 9.83. The molecule has 0 spiro atoms. The van der Waals surface area contributed by atoms with Gasteiger partial charge < -0.3 is 14.8 Å². The number of hydrogen-bond acceptors (Lipinski definition) is 4. The van der Waals surface area contributed by atoms with Gasteiger partial charge >= 0.3 is 0 Å². The smallest absolute Gasteiger partial charge is 0.127 e. The van der Waals surface area contributed by atoms with Crippen LogP contribution in [0.3, 0.4) is 0 Å². The summed E-state index contributed by atoms with van der Waals surface area (Å²) in [6.07, 6.45) is 3.57. The van der Waals surface area contributed by atoms with Crippen molar-refractivity contribution in [1.82, 2.24) is 10.3 Å². The Kier molecular flexibility index (Phi) is 5.38. The monoisotopic (exact) mass is 272 g/mol. The molecule has 4 nitrogen and oxygen atoms in total. The predicted octanol–water partition coefficient (Wildman–Crippen LogP) is 2.78. The summed E-state index contributed by atoms with van der Waals surface area (Å²) >= 11 is 0. The number of rotatable bonds is 7. The number of nitrogens with one attached hydrogen (secondary N) is 1. The molecule has 1 aromatic heterocycles. The van der Waals surface area contributed by atoms with Crippen LogP contribution in [0.15, 0.2) is 42.7 Å². The first-order valence-electron chi connectivity index (χ1n) is 6.72. The van der Waals surface area contributed by atoms with Crippen LogP contribution in [0.5, 0.6) is 11.5 Å². The zero-order valence-electron chi connectivity index (χ0n) is 11.9. The summed E-state index contributed by atoms with van der Waals surface area (Å²) < 4.78 is 11.2. The quantitative estimate of drug-likeness (QED) is 0.841. The fourth-order valence-electron chi connectivity index (χ4n) is 1.85. The Morgan fingerprint density at radius 1 is 1.25 bits per heavy atom. The summed E-state index contributed by atoms with van der Waals surface area (Å²) in [5, 5.41) is 3.31. The molecule has 2 rings (SSSR count). The summed E-state index contributed by atoms with van der Waals surface area (Å²) in [5.41, 5.74) is 2.17. The molecule has 0 unspecified atom stereocenters. The maximum atomic E-state index is 5.90. The molecule has 0 aliphatic heterocycles. The van der Waals surface area contributed by atoms with E-state index in [1.807, 2.05) is 36.5 Å². The van der Waals surface area contributed by atoms with Crippen molar-refractivity contribution in [2.75, 3.05) is 13.7 Å². The van der Waals surface area contributed by atoms with Gasteiger partial charge in [0, 0.05) is 36.1 Å². The van der Waals surface area contributed by atoms with E-state index in [1.54, 1.807) is 13.3 Å². The van der Waals surface area contributed by atoms with Crippen LogP contribution in [0.1, 0.15) is 18.1 Å². The molecule has 0 fully saturated rings. The van der Waals surface area contributed by atoms with Crippen LogP contribution >= 0.6 is 0 Å². The third-order valence-corrected chi connectivity index (χ3v) is 2.96. The van der Waals surface area contributed by atoms with Crippen LogP contribution in [0.4, 0.5) is 0 Å². The van der Waals surface area contributed by atoms with E-state index in [2.05, 4.69) is 17.2 Å². The lowest BCUT2D eigenvalue weighted by Crippen LogP contribution is -2.13. The van der Waals surface area contributed by atoms with Crippen LogP contribution in [-0.2, 0) is 13.2 Å². The lowest BCUT2D eigenvalue weighted by atomic mass is 10.2. The molecular weight excluding hydrogens is 252 g/mol. The van der Waals surface area contributed by atoms with Gasteiger partial charge in [-0.2, -0.15) is 0 Å². The Morgan fingerprint density at radius 3 is 2.85 bits per heavy atom. The summed E-state index contributed by atoms with van der Waals surface area (Å²) in [6.45, 7) is 4.29. The van der Waals surface area contributed by atoms with E-state index in [9.17, 15) is 0 Å². The highest BCUT2D eigenvalue weighted by atomic mass is 16.5. The van der Waals surface area contributed by atoms with Gasteiger partial charge in [-0.1, -0.05) is 19.1 Å². The van der Waals surface area contributed by atoms with E-state index in [0.29, 0.717) is 6.61 Å². The summed E-state index contributed by atoms with van der Waals surface area (Å²) in [6, 6.07) is 9.80. The van der Waals surface area contributed by atoms with Gasteiger partial charge in [-0.3, -0.25) is 4.98 Å². The van der Waals surface area contributed by atoms with Gasteiger partial charge in [0.2, 0.25) is 0 Å². The number of methoxy groups -OCH3 is 1. The molecule has 4 heteroatoms. The van der Waals surface area contributed by atoms with Gasteiger partial charge in [0.05, 0.1) is 7.11 Å². The molecule has 2 aromatic rings. The maximum Gasteiger partial charge on any atom is 0.127 e. The summed E-state index contributed by atoms with van der Waals surface area (Å²) in [7, 11) is 1.66. The Hall–Kier alpha value is -2.07. The molecule has 0 aliphatic carbocycles. The minimum absolute atomic E-state index is 0.500. The van der Waals surface area contributed by atoms with E-state index >= 15 is 0 Å². The van der Waals surface area contributed by atoms with E-state index in [-0.39, 0.29) is 0 Å². The van der Waals surface area contributed by atoms with Crippen molar-refractivity contribution in [2.45, 2.75) is 20.1 Å². The molecule has 0 atom stereocenters. The van der Waals surface area contributed by atoms with Crippen LogP contribution in [-0.4, -0.2) is 18.6 Å². The first-order valence-corrected chi connectivity index (χ1v) is 6.72. The van der Waals surface area contributed by atoms with E-state index < -0.39 is 0 Å². The van der Waals surface area contributed by atoms with Crippen LogP contribution in [0.2, 0.25) is 0 Å². The van der Waals surface area contributed by atoms with Gasteiger partial charge in [0.1, 0.15) is 18.1 Å². The normalized spacial score (nSPS) is 10.3. The standard InChI is InChI=1S/C16H20N2O2/c1-3-17-11-14-6-7-15(19-2)9-16(14)20-12-13-5-4-8-18-10-13/h4-10,17H,3,11-12H2,1-2H3. The Balaban J connectivity index is 2.10. The summed E-state index contributed by atoms with van der Waals surface area (Å²) in [5.74, 6) is 1.64. The van der Waals surface area contributed by atoms with Gasteiger partial charge in [-0.05, 0) is 18.7 Å². The Morgan fingerprint density at radius 2 is 2.15 bits per heavy atom. The third-order valence-electron chi connectivity index (χ3n) is 2.96. The average molecular weight is 272 g/mol. The van der Waals surface area contributed by atoms with Crippen molar-refractivity contribution < 1.29 is 9.47 Å². The Bertz CT molecular complexity index is 529. The molecule has 0 amide bonds. The van der Waals surface area contributed by atoms with Crippen molar-refractivity contribution in [1.29, 1.82) is 0 Å². The fourth-order valence-corrected chi connectivity index (χ4v) is 1.85. The SMILES string of the molecule is CCNCc1ccc(OC)cc1OCc1cccnc1. The van der Waals surface area contributed by atoms with Gasteiger partial charge in [-0.25, -0.2) is 0 Å². The average Bonchev–Trinajstić information content (AvgIpc) is 2.52. The zero-order valence-corrected chi connectivity index (χ0v) is 11.9. The van der Waals surface area contributed by atoms with E-state index in [4.69, 9.17) is 9.47 Å². The van der Waals surface area contributed by atoms with Crippen LogP contribution < -0.4 is 14.8 Å². The highest BCUT2D eigenvalue weighted by Crippen LogP contribution is 2.25. The fraction of sp³-hybridized carbons (Fsp3) is 0.312. The van der Waals surface area contributed by atoms with E-state index in [0.717, 1.165) is 35.7 Å². The Labute approximate surface area is 119 Å². The predicted molar refractivity (Wildman–Crippen MR) is 78.9 cm³/mol. The lowest BCUT2D eigenvalue weighted by Gasteiger charge is -2.13. The number of pyridine rings is 1. The molecule has 1 N–H and O–H groups in total. The van der Waals surface area contributed by atoms with Crippen molar-refractivity contribution in [3.05, 3.63) is 53.9 Å². The molecule has 20 heavy (non-hydrogen) atoms. The van der Waals surface area contributed by atoms with Gasteiger partial charge in [0.25, 0.3) is 0 Å². The second-order valence-corrected chi connectivity index (χ2v) is 4.40. The lowest BCUT2D eigenvalue weighted by molar-refractivity contribution is 0.299. The summed E-state index contributed by atoms with van der Waals surface area (Å²) in [4.78, 5) is 4.09. The maximum absolute atomic E-state index is 5.90. The number of ether oxygens (including phenoxy) is 2. The molecule has 0 saturated carbocycles. The van der Waals surface area contributed by atoms with Crippen LogP contribution in [0.25, 0.3) is 0 Å². The molecule has 0 bridgehead atoms. The third kappa shape index (κ3) is 3.96. The number of nitrogens with zero attached hydrogens (tertiary/aromatic N) is 1. The molecule has 1 aromatic carbocycles. The molecule has 0 saturated heterocycles. The van der Waals surface area contributed by atoms with Crippen molar-refractivity contribution in [2.24, 2.45) is 0 Å². The number of benzene rings is 1. The number of aromatic nitrogens is 1. The topological polar surface area (TPSA) is 43.4 Å². The second-order valence-electron chi connectivity index (χ2n) is 4.40. The minimum atomic E-state index is 0.500. The highest BCUT2D eigenvalue weighted by Gasteiger charge is 2.06. The molecule has 0 aliphatic rings. The van der Waals surface area contributed by atoms with Crippen molar-refractivity contribution in [3.8, 4) is 11.5 Å². The van der Waals surface area contributed by atoms with Gasteiger partial charge in [-0.15, -0.1) is 0 Å². The molecule has 1 heterocycles. The van der Waals surface area contributed by atoms with Crippen molar-refractivity contribution in [3.63, 3.8) is 0 Å². The minimum Gasteiger partial charge on any atom is -0.497 e. The second kappa shape index (κ2) is 7.50.